The molecule has 2 aromatic rings. The van der Waals surface area contributed by atoms with Crippen LogP contribution in [0.25, 0.3) is 0 Å². The number of rotatable bonds is 10. The van der Waals surface area contributed by atoms with Crippen molar-refractivity contribution in [3.8, 4) is 0 Å². The van der Waals surface area contributed by atoms with E-state index in [1.807, 2.05) is 0 Å². The highest BCUT2D eigenvalue weighted by atomic mass is 19.3. The minimum Gasteiger partial charge on any atom is -0.344 e. The Morgan fingerprint density at radius 3 is 2.30 bits per heavy atom. The zero-order valence-electron chi connectivity index (χ0n) is 20.9. The van der Waals surface area contributed by atoms with Crippen LogP contribution in [-0.2, 0) is 32.1 Å². The number of carbonyl (C=O) groups excluding carboxylic acids is 4. The van der Waals surface area contributed by atoms with Crippen molar-refractivity contribution >= 4 is 23.5 Å². The average Bonchev–Trinajstić information content (AvgIpc) is 2.87. The summed E-state index contributed by atoms with van der Waals surface area (Å²) >= 11 is 0. The topological polar surface area (TPSA) is 117 Å². The van der Waals surface area contributed by atoms with Crippen molar-refractivity contribution in [1.82, 2.24) is 20.9 Å². The number of carbonyl (C=O) groups is 4. The van der Waals surface area contributed by atoms with Crippen LogP contribution in [0.15, 0.2) is 54.7 Å². The molecule has 3 amide bonds. The number of aromatic nitrogens is 1. The van der Waals surface area contributed by atoms with Crippen molar-refractivity contribution in [3.05, 3.63) is 66.0 Å². The first-order chi connectivity index (χ1) is 17.5. The molecule has 1 saturated carbocycles. The van der Waals surface area contributed by atoms with Crippen molar-refractivity contribution < 1.29 is 28.0 Å². The van der Waals surface area contributed by atoms with Gasteiger partial charge in [-0.3, -0.25) is 24.2 Å². The van der Waals surface area contributed by atoms with Gasteiger partial charge >= 0.3 is 0 Å². The first-order valence-electron chi connectivity index (χ1n) is 12.2. The van der Waals surface area contributed by atoms with E-state index >= 15 is 0 Å². The van der Waals surface area contributed by atoms with Gasteiger partial charge < -0.3 is 16.0 Å². The molecule has 3 N–H and O–H groups in total. The number of hydrogen-bond donors (Lipinski definition) is 3. The highest BCUT2D eigenvalue weighted by molar-refractivity contribution is 6.38. The number of Topliss-reactive ketones (excluding diaryl/α,β-unsaturated/α-hetero) is 1. The molecule has 0 unspecified atom stereocenters. The highest BCUT2D eigenvalue weighted by Crippen LogP contribution is 2.36. The lowest BCUT2D eigenvalue weighted by Gasteiger charge is -2.32. The first kappa shape index (κ1) is 27.9. The van der Waals surface area contributed by atoms with E-state index in [2.05, 4.69) is 20.9 Å². The van der Waals surface area contributed by atoms with E-state index in [-0.39, 0.29) is 38.6 Å². The molecular formula is C27H32F2N4O4. The molecule has 1 atom stereocenters. The maximum Gasteiger partial charge on any atom is 0.289 e. The van der Waals surface area contributed by atoms with Crippen molar-refractivity contribution in [3.63, 3.8) is 0 Å². The van der Waals surface area contributed by atoms with Gasteiger partial charge in [0.25, 0.3) is 5.91 Å². The zero-order valence-corrected chi connectivity index (χ0v) is 20.9. The quantitative estimate of drug-likeness (QED) is 0.422. The summed E-state index contributed by atoms with van der Waals surface area (Å²) in [5.41, 5.74) is -0.156. The number of ketones is 1. The van der Waals surface area contributed by atoms with Gasteiger partial charge in [-0.2, -0.15) is 0 Å². The second-order valence-electron chi connectivity index (χ2n) is 9.83. The second-order valence-corrected chi connectivity index (χ2v) is 9.83. The molecule has 1 heterocycles. The molecule has 0 spiro atoms. The standard InChI is InChI=1S/C27H32F2N4O4/c1-26(2,33-23(35)19-11-13-27(28,29)14-12-19)25(37)32-21(16-18-8-4-3-5-9-18)22(34)24(36)31-17-20-10-6-7-15-30-20/h3-10,15,19,21H,11-14,16-17H2,1-2H3,(H,31,36)(H,32,37)(H,33,35)/t21-/m1/s1. The van der Waals surface area contributed by atoms with Gasteiger partial charge in [-0.1, -0.05) is 36.4 Å². The van der Waals surface area contributed by atoms with Crippen molar-refractivity contribution in [2.45, 2.75) is 70.0 Å². The summed E-state index contributed by atoms with van der Waals surface area (Å²) in [7, 11) is 0. The van der Waals surface area contributed by atoms with Gasteiger partial charge in [0.2, 0.25) is 23.5 Å². The van der Waals surface area contributed by atoms with Crippen LogP contribution < -0.4 is 16.0 Å². The molecule has 1 aromatic heterocycles. The lowest BCUT2D eigenvalue weighted by atomic mass is 9.85. The summed E-state index contributed by atoms with van der Waals surface area (Å²) in [6.07, 6.45) is 0.934. The summed E-state index contributed by atoms with van der Waals surface area (Å²) in [5.74, 6) is -6.28. The minimum atomic E-state index is -2.77. The van der Waals surface area contributed by atoms with Crippen LogP contribution in [0.2, 0.25) is 0 Å². The fourth-order valence-electron chi connectivity index (χ4n) is 4.09. The predicted molar refractivity (Wildman–Crippen MR) is 132 cm³/mol. The molecule has 0 radical (unpaired) electrons. The smallest absolute Gasteiger partial charge is 0.289 e. The summed E-state index contributed by atoms with van der Waals surface area (Å²) in [6, 6.07) is 12.9. The van der Waals surface area contributed by atoms with Gasteiger partial charge in [-0.15, -0.1) is 0 Å². The Kier molecular flexibility index (Phi) is 9.07. The fourth-order valence-corrected chi connectivity index (χ4v) is 4.09. The first-order valence-corrected chi connectivity index (χ1v) is 12.2. The predicted octanol–water partition coefficient (Wildman–Crippen LogP) is 2.71. The molecule has 198 valence electrons. The Bertz CT molecular complexity index is 1100. The average molecular weight is 515 g/mol. The maximum atomic E-state index is 13.5. The third-order valence-corrected chi connectivity index (χ3v) is 6.38. The molecule has 1 aliphatic rings. The lowest BCUT2D eigenvalue weighted by molar-refractivity contribution is -0.141. The van der Waals surface area contributed by atoms with Crippen molar-refractivity contribution in [2.75, 3.05) is 0 Å². The highest BCUT2D eigenvalue weighted by Gasteiger charge is 2.40. The number of amides is 3. The number of pyridine rings is 1. The van der Waals surface area contributed by atoms with E-state index < -0.39 is 46.9 Å². The van der Waals surface area contributed by atoms with Crippen molar-refractivity contribution in [2.24, 2.45) is 5.92 Å². The van der Waals surface area contributed by atoms with Crippen LogP contribution in [0.3, 0.4) is 0 Å². The van der Waals surface area contributed by atoms with Gasteiger partial charge in [0.15, 0.2) is 0 Å². The molecule has 0 saturated heterocycles. The summed E-state index contributed by atoms with van der Waals surface area (Å²) in [4.78, 5) is 55.6. The van der Waals surface area contributed by atoms with Crippen LogP contribution in [0.1, 0.15) is 50.8 Å². The van der Waals surface area contributed by atoms with E-state index in [9.17, 15) is 28.0 Å². The summed E-state index contributed by atoms with van der Waals surface area (Å²) in [6.45, 7) is 2.96. The fraction of sp³-hybridized carbons (Fsp3) is 0.444. The van der Waals surface area contributed by atoms with Gasteiger partial charge in [-0.05, 0) is 44.4 Å². The minimum absolute atomic E-state index is 0.0299. The molecule has 1 aromatic carbocycles. The van der Waals surface area contributed by atoms with Crippen LogP contribution in [-0.4, -0.2) is 46.0 Å². The van der Waals surface area contributed by atoms with Gasteiger partial charge in [-0.25, -0.2) is 8.78 Å². The van der Waals surface area contributed by atoms with E-state index in [1.165, 1.54) is 13.8 Å². The van der Waals surface area contributed by atoms with E-state index in [0.29, 0.717) is 5.69 Å². The SMILES string of the molecule is CC(C)(NC(=O)C1CCC(F)(F)CC1)C(=O)N[C@H](Cc1ccccc1)C(=O)C(=O)NCc1ccccn1. The molecule has 1 aliphatic carbocycles. The Labute approximate surface area is 214 Å². The molecule has 10 heteroatoms. The van der Waals surface area contributed by atoms with Crippen LogP contribution in [0.5, 0.6) is 0 Å². The molecule has 37 heavy (non-hydrogen) atoms. The molecular weight excluding hydrogens is 482 g/mol. The van der Waals surface area contributed by atoms with Crippen LogP contribution >= 0.6 is 0 Å². The Hall–Kier alpha value is -3.69. The second kappa shape index (κ2) is 12.0. The van der Waals surface area contributed by atoms with E-state index in [0.717, 1.165) is 5.56 Å². The Morgan fingerprint density at radius 2 is 1.68 bits per heavy atom. The number of benzene rings is 1. The molecule has 0 bridgehead atoms. The lowest BCUT2D eigenvalue weighted by Crippen LogP contribution is -2.60. The van der Waals surface area contributed by atoms with Gasteiger partial charge in [0.05, 0.1) is 12.2 Å². The number of hydrogen-bond acceptors (Lipinski definition) is 5. The molecule has 8 nitrogen and oxygen atoms in total. The van der Waals surface area contributed by atoms with Crippen LogP contribution in [0.4, 0.5) is 8.78 Å². The number of halogens is 2. The Morgan fingerprint density at radius 1 is 1.03 bits per heavy atom. The molecule has 3 rings (SSSR count). The summed E-state index contributed by atoms with van der Waals surface area (Å²) < 4.78 is 26.9. The number of alkyl halides is 2. The normalized spacial score (nSPS) is 16.3. The Balaban J connectivity index is 1.66. The van der Waals surface area contributed by atoms with Crippen molar-refractivity contribution in [1.29, 1.82) is 0 Å². The van der Waals surface area contributed by atoms with Crippen LogP contribution in [0, 0.1) is 5.92 Å². The maximum absolute atomic E-state index is 13.5. The van der Waals surface area contributed by atoms with Gasteiger partial charge in [0.1, 0.15) is 11.6 Å². The zero-order chi connectivity index (χ0) is 27.1. The number of nitrogens with zero attached hydrogens (tertiary/aromatic N) is 1. The molecule has 0 aliphatic heterocycles. The molecule has 1 fully saturated rings. The monoisotopic (exact) mass is 514 g/mol. The largest absolute Gasteiger partial charge is 0.344 e. The third kappa shape index (κ3) is 8.16. The number of nitrogens with one attached hydrogen (secondary N) is 3. The third-order valence-electron chi connectivity index (χ3n) is 6.38. The summed E-state index contributed by atoms with van der Waals surface area (Å²) in [5, 5.41) is 7.75. The van der Waals surface area contributed by atoms with E-state index in [1.54, 1.807) is 54.7 Å². The van der Waals surface area contributed by atoms with E-state index in [4.69, 9.17) is 0 Å². The van der Waals surface area contributed by atoms with Gasteiger partial charge in [0, 0.05) is 31.4 Å².